The summed E-state index contributed by atoms with van der Waals surface area (Å²) in [5.74, 6) is -0.323. The van der Waals surface area contributed by atoms with Gasteiger partial charge >= 0.3 is 6.36 Å². The number of ether oxygens (including phenoxy) is 1. The van der Waals surface area contributed by atoms with Gasteiger partial charge in [-0.3, -0.25) is 0 Å². The quantitative estimate of drug-likeness (QED) is 0.295. The van der Waals surface area contributed by atoms with Crippen LogP contribution in [0.3, 0.4) is 0 Å². The first-order valence-corrected chi connectivity index (χ1v) is 11.5. The van der Waals surface area contributed by atoms with Crippen LogP contribution in [0.15, 0.2) is 65.7 Å². The second-order valence-electron chi connectivity index (χ2n) is 8.23. The van der Waals surface area contributed by atoms with E-state index >= 15 is 0 Å². The van der Waals surface area contributed by atoms with Crippen molar-refractivity contribution in [1.82, 2.24) is 9.13 Å². The maximum Gasteiger partial charge on any atom is 0.573 e. The summed E-state index contributed by atoms with van der Waals surface area (Å²) in [5, 5.41) is 10.1. The number of benzene rings is 3. The number of rotatable bonds is 6. The van der Waals surface area contributed by atoms with Gasteiger partial charge in [-0.05, 0) is 61.4 Å². The SMILES string of the molecule is CC(C)n1/c(=N/c2ccc(OC(F)(F)F)cc2)n(Cc2ccc(CO)cc2)c2cc(Cl)c(Cl)cc21. The topological polar surface area (TPSA) is 51.7 Å². The fourth-order valence-electron chi connectivity index (χ4n) is 3.83. The third kappa shape index (κ3) is 5.66. The molecule has 0 fully saturated rings. The number of hydrogen-bond donors (Lipinski definition) is 1. The van der Waals surface area contributed by atoms with Crippen molar-refractivity contribution >= 4 is 39.9 Å². The van der Waals surface area contributed by atoms with E-state index < -0.39 is 6.36 Å². The number of fused-ring (bicyclic) bond motifs is 1. The Balaban J connectivity index is 1.91. The van der Waals surface area contributed by atoms with Crippen LogP contribution in [-0.2, 0) is 13.2 Å². The zero-order chi connectivity index (χ0) is 25.3. The van der Waals surface area contributed by atoms with Crippen molar-refractivity contribution in [1.29, 1.82) is 0 Å². The van der Waals surface area contributed by atoms with Gasteiger partial charge in [0.05, 0.1) is 39.9 Å². The first kappa shape index (κ1) is 25.2. The third-order valence-electron chi connectivity index (χ3n) is 5.39. The third-order valence-corrected chi connectivity index (χ3v) is 6.11. The van der Waals surface area contributed by atoms with Gasteiger partial charge in [-0.2, -0.15) is 0 Å². The van der Waals surface area contributed by atoms with Gasteiger partial charge in [0.2, 0.25) is 5.62 Å². The van der Waals surface area contributed by atoms with E-state index in [0.717, 1.165) is 22.2 Å². The predicted octanol–water partition coefficient (Wildman–Crippen LogP) is 7.00. The largest absolute Gasteiger partial charge is 0.573 e. The van der Waals surface area contributed by atoms with Gasteiger partial charge in [0, 0.05) is 6.04 Å². The molecule has 3 aromatic carbocycles. The van der Waals surface area contributed by atoms with Crippen LogP contribution in [0.25, 0.3) is 11.0 Å². The van der Waals surface area contributed by atoms with E-state index in [1.54, 1.807) is 12.1 Å². The molecule has 5 nitrogen and oxygen atoms in total. The molecule has 10 heteroatoms. The van der Waals surface area contributed by atoms with E-state index in [0.29, 0.717) is 27.9 Å². The maximum absolute atomic E-state index is 12.5. The highest BCUT2D eigenvalue weighted by molar-refractivity contribution is 6.42. The Morgan fingerprint density at radius 2 is 1.49 bits per heavy atom. The molecule has 184 valence electrons. The van der Waals surface area contributed by atoms with Gasteiger partial charge in [0.25, 0.3) is 0 Å². The number of aliphatic hydroxyl groups excluding tert-OH is 1. The first-order chi connectivity index (χ1) is 16.6. The Labute approximate surface area is 209 Å². The van der Waals surface area contributed by atoms with Crippen LogP contribution in [0.1, 0.15) is 31.0 Å². The molecule has 0 unspecified atom stereocenters. The number of alkyl halides is 3. The lowest BCUT2D eigenvalue weighted by molar-refractivity contribution is -0.274. The predicted molar refractivity (Wildman–Crippen MR) is 130 cm³/mol. The van der Waals surface area contributed by atoms with E-state index in [4.69, 9.17) is 28.2 Å². The molecule has 0 aliphatic heterocycles. The Bertz CT molecular complexity index is 1410. The van der Waals surface area contributed by atoms with Gasteiger partial charge < -0.3 is 19.0 Å². The Kier molecular flexibility index (Phi) is 7.17. The summed E-state index contributed by atoms with van der Waals surface area (Å²) in [6.45, 7) is 4.39. The van der Waals surface area contributed by atoms with Crippen molar-refractivity contribution in [2.45, 2.75) is 39.4 Å². The van der Waals surface area contributed by atoms with Crippen LogP contribution in [0.5, 0.6) is 5.75 Å². The molecule has 1 N–H and O–H groups in total. The molecule has 1 heterocycles. The molecule has 0 aliphatic rings. The van der Waals surface area contributed by atoms with Gasteiger partial charge in [0.1, 0.15) is 5.75 Å². The molecule has 0 bridgehead atoms. The molecular weight excluding hydrogens is 502 g/mol. The fourth-order valence-corrected chi connectivity index (χ4v) is 4.15. The molecule has 0 radical (unpaired) electrons. The van der Waals surface area contributed by atoms with Crippen LogP contribution in [0.4, 0.5) is 18.9 Å². The van der Waals surface area contributed by atoms with Gasteiger partial charge in [-0.25, -0.2) is 4.99 Å². The van der Waals surface area contributed by atoms with Gasteiger partial charge in [-0.15, -0.1) is 13.2 Å². The number of aromatic nitrogens is 2. The van der Waals surface area contributed by atoms with Crippen molar-refractivity contribution in [3.05, 3.63) is 87.5 Å². The van der Waals surface area contributed by atoms with Crippen LogP contribution in [0, 0.1) is 0 Å². The number of nitrogens with zero attached hydrogens (tertiary/aromatic N) is 3. The number of imidazole rings is 1. The molecule has 4 rings (SSSR count). The summed E-state index contributed by atoms with van der Waals surface area (Å²) in [6.07, 6.45) is -4.77. The molecule has 4 aromatic rings. The molecule has 0 amide bonds. The molecular formula is C25H22Cl2F3N3O2. The average molecular weight is 524 g/mol. The average Bonchev–Trinajstić information content (AvgIpc) is 3.07. The number of halogens is 5. The minimum Gasteiger partial charge on any atom is -0.406 e. The van der Waals surface area contributed by atoms with E-state index in [9.17, 15) is 18.3 Å². The smallest absolute Gasteiger partial charge is 0.406 e. The molecule has 0 saturated carbocycles. The fraction of sp³-hybridized carbons (Fsp3) is 0.240. The van der Waals surface area contributed by atoms with Crippen molar-refractivity contribution in [3.8, 4) is 5.75 Å². The standard InChI is InChI=1S/C25H22Cl2F3N3O2/c1-15(2)33-23-12-21(27)20(26)11-22(23)32(13-16-3-5-17(14-34)6-4-16)24(33)31-18-7-9-19(10-8-18)35-25(28,29)30/h3-12,15,34H,13-14H2,1-2H3/b31-24+. The zero-order valence-electron chi connectivity index (χ0n) is 18.9. The summed E-state index contributed by atoms with van der Waals surface area (Å²) in [7, 11) is 0. The summed E-state index contributed by atoms with van der Waals surface area (Å²) in [5.41, 5.74) is 4.40. The zero-order valence-corrected chi connectivity index (χ0v) is 20.4. The van der Waals surface area contributed by atoms with Gasteiger partial charge in [-0.1, -0.05) is 47.5 Å². The minimum atomic E-state index is -4.77. The lowest BCUT2D eigenvalue weighted by Gasteiger charge is -2.11. The Morgan fingerprint density at radius 3 is 2.03 bits per heavy atom. The van der Waals surface area contributed by atoms with Gasteiger partial charge in [0.15, 0.2) is 0 Å². The lowest BCUT2D eigenvalue weighted by atomic mass is 10.1. The molecule has 0 atom stereocenters. The highest BCUT2D eigenvalue weighted by atomic mass is 35.5. The molecule has 0 saturated heterocycles. The second kappa shape index (κ2) is 9.97. The molecule has 0 spiro atoms. The van der Waals surface area contributed by atoms with Crippen molar-refractivity contribution < 1.29 is 23.0 Å². The van der Waals surface area contributed by atoms with E-state index in [1.165, 1.54) is 24.3 Å². The van der Waals surface area contributed by atoms with Crippen LogP contribution >= 0.6 is 23.2 Å². The highest BCUT2D eigenvalue weighted by Gasteiger charge is 2.31. The molecule has 1 aromatic heterocycles. The van der Waals surface area contributed by atoms with Crippen molar-refractivity contribution in [2.75, 3.05) is 0 Å². The summed E-state index contributed by atoms with van der Waals surface area (Å²) < 4.78 is 45.5. The van der Waals surface area contributed by atoms with Crippen LogP contribution in [0.2, 0.25) is 10.0 Å². The molecule has 35 heavy (non-hydrogen) atoms. The minimum absolute atomic E-state index is 0.0145. The number of hydrogen-bond acceptors (Lipinski definition) is 3. The van der Waals surface area contributed by atoms with Crippen molar-refractivity contribution in [3.63, 3.8) is 0 Å². The Hall–Kier alpha value is -2.94. The van der Waals surface area contributed by atoms with E-state index in [-0.39, 0.29) is 18.4 Å². The number of aliphatic hydroxyl groups is 1. The normalized spacial score (nSPS) is 12.7. The van der Waals surface area contributed by atoms with E-state index in [2.05, 4.69) is 4.74 Å². The van der Waals surface area contributed by atoms with E-state index in [1.807, 2.05) is 47.2 Å². The second-order valence-corrected chi connectivity index (χ2v) is 9.05. The van der Waals surface area contributed by atoms with Crippen LogP contribution in [-0.4, -0.2) is 20.6 Å². The monoisotopic (exact) mass is 523 g/mol. The Morgan fingerprint density at radius 1 is 0.914 bits per heavy atom. The lowest BCUT2D eigenvalue weighted by Crippen LogP contribution is -2.27. The first-order valence-electron chi connectivity index (χ1n) is 10.7. The summed E-state index contributed by atoms with van der Waals surface area (Å²) in [6, 6.07) is 16.4. The molecule has 0 aliphatic carbocycles. The maximum atomic E-state index is 12.5. The summed E-state index contributed by atoms with van der Waals surface area (Å²) >= 11 is 12.7. The van der Waals surface area contributed by atoms with Crippen LogP contribution < -0.4 is 10.4 Å². The van der Waals surface area contributed by atoms with Crippen molar-refractivity contribution in [2.24, 2.45) is 4.99 Å². The highest BCUT2D eigenvalue weighted by Crippen LogP contribution is 2.30. The summed E-state index contributed by atoms with van der Waals surface area (Å²) in [4.78, 5) is 4.79.